The van der Waals surface area contributed by atoms with Crippen LogP contribution in [-0.2, 0) is 6.61 Å². The van der Waals surface area contributed by atoms with Crippen LogP contribution in [-0.4, -0.2) is 5.78 Å². The molecular weight excluding hydrogens is 248 g/mol. The molecular formula is C18H20O2. The summed E-state index contributed by atoms with van der Waals surface area (Å²) in [7, 11) is 0. The van der Waals surface area contributed by atoms with Gasteiger partial charge in [-0.05, 0) is 50.5 Å². The van der Waals surface area contributed by atoms with Gasteiger partial charge >= 0.3 is 0 Å². The zero-order chi connectivity index (χ0) is 14.7. The molecule has 0 aliphatic carbocycles. The van der Waals surface area contributed by atoms with Gasteiger partial charge in [-0.2, -0.15) is 0 Å². The SMILES string of the molecule is CC(=O)c1cccc(COc2c(C)cc(C)cc2C)c1. The number of hydrogen-bond donors (Lipinski definition) is 0. The van der Waals surface area contributed by atoms with E-state index in [1.54, 1.807) is 6.92 Å². The van der Waals surface area contributed by atoms with Crippen LogP contribution in [0.25, 0.3) is 0 Å². The van der Waals surface area contributed by atoms with E-state index in [-0.39, 0.29) is 5.78 Å². The maximum absolute atomic E-state index is 11.4. The van der Waals surface area contributed by atoms with E-state index in [2.05, 4.69) is 32.9 Å². The molecule has 104 valence electrons. The number of carbonyl (C=O) groups excluding carboxylic acids is 1. The van der Waals surface area contributed by atoms with Crippen LogP contribution in [0.2, 0.25) is 0 Å². The fourth-order valence-electron chi connectivity index (χ4n) is 2.43. The highest BCUT2D eigenvalue weighted by molar-refractivity contribution is 5.94. The second kappa shape index (κ2) is 5.91. The van der Waals surface area contributed by atoms with Crippen molar-refractivity contribution in [2.45, 2.75) is 34.3 Å². The third-order valence-electron chi connectivity index (χ3n) is 3.32. The van der Waals surface area contributed by atoms with Crippen LogP contribution in [0.15, 0.2) is 36.4 Å². The Hall–Kier alpha value is -2.09. The van der Waals surface area contributed by atoms with Crippen molar-refractivity contribution in [3.63, 3.8) is 0 Å². The van der Waals surface area contributed by atoms with Gasteiger partial charge in [-0.15, -0.1) is 0 Å². The molecule has 0 atom stereocenters. The van der Waals surface area contributed by atoms with Crippen molar-refractivity contribution in [1.29, 1.82) is 0 Å². The number of ether oxygens (including phenoxy) is 1. The summed E-state index contributed by atoms with van der Waals surface area (Å²) in [5, 5.41) is 0. The molecule has 0 bridgehead atoms. The topological polar surface area (TPSA) is 26.3 Å². The molecule has 0 heterocycles. The summed E-state index contributed by atoms with van der Waals surface area (Å²) in [4.78, 5) is 11.4. The predicted octanol–water partition coefficient (Wildman–Crippen LogP) is 4.39. The number of rotatable bonds is 4. The summed E-state index contributed by atoms with van der Waals surface area (Å²) in [6, 6.07) is 11.8. The summed E-state index contributed by atoms with van der Waals surface area (Å²) in [5.41, 5.74) is 5.27. The highest BCUT2D eigenvalue weighted by Gasteiger charge is 2.06. The molecule has 0 unspecified atom stereocenters. The number of benzene rings is 2. The van der Waals surface area contributed by atoms with Crippen LogP contribution >= 0.6 is 0 Å². The highest BCUT2D eigenvalue weighted by Crippen LogP contribution is 2.25. The fourth-order valence-corrected chi connectivity index (χ4v) is 2.43. The standard InChI is InChI=1S/C18H20O2/c1-12-8-13(2)18(14(3)9-12)20-11-16-6-5-7-17(10-16)15(4)19/h5-10H,11H2,1-4H3. The van der Waals surface area contributed by atoms with Crippen LogP contribution in [0.3, 0.4) is 0 Å². The van der Waals surface area contributed by atoms with E-state index in [0.717, 1.165) is 28.0 Å². The van der Waals surface area contributed by atoms with Gasteiger partial charge in [0.1, 0.15) is 12.4 Å². The van der Waals surface area contributed by atoms with E-state index in [1.807, 2.05) is 24.3 Å². The number of hydrogen-bond acceptors (Lipinski definition) is 2. The number of carbonyl (C=O) groups is 1. The smallest absolute Gasteiger partial charge is 0.159 e. The van der Waals surface area contributed by atoms with Gasteiger partial charge in [-0.1, -0.05) is 35.9 Å². The first-order valence-electron chi connectivity index (χ1n) is 6.78. The number of Topliss-reactive ketones (excluding diaryl/α,β-unsaturated/α-hetero) is 1. The quantitative estimate of drug-likeness (QED) is 0.768. The van der Waals surface area contributed by atoms with Crippen molar-refractivity contribution < 1.29 is 9.53 Å². The lowest BCUT2D eigenvalue weighted by Crippen LogP contribution is -2.01. The maximum Gasteiger partial charge on any atom is 0.159 e. The van der Waals surface area contributed by atoms with E-state index in [9.17, 15) is 4.79 Å². The van der Waals surface area contributed by atoms with Crippen molar-refractivity contribution in [3.05, 3.63) is 64.2 Å². The Bertz CT molecular complexity index is 619. The molecule has 0 amide bonds. The lowest BCUT2D eigenvalue weighted by molar-refractivity contribution is 0.101. The van der Waals surface area contributed by atoms with Crippen molar-refractivity contribution in [3.8, 4) is 5.75 Å². The molecule has 2 rings (SSSR count). The molecule has 0 aliphatic rings. The zero-order valence-corrected chi connectivity index (χ0v) is 12.5. The Morgan fingerprint density at radius 2 is 1.70 bits per heavy atom. The van der Waals surface area contributed by atoms with Crippen molar-refractivity contribution in [1.82, 2.24) is 0 Å². The largest absolute Gasteiger partial charge is 0.488 e. The van der Waals surface area contributed by atoms with E-state index < -0.39 is 0 Å². The molecule has 0 aromatic heterocycles. The van der Waals surface area contributed by atoms with Crippen LogP contribution in [0.4, 0.5) is 0 Å². The molecule has 2 nitrogen and oxygen atoms in total. The van der Waals surface area contributed by atoms with Crippen LogP contribution in [0.5, 0.6) is 5.75 Å². The zero-order valence-electron chi connectivity index (χ0n) is 12.5. The fraction of sp³-hybridized carbons (Fsp3) is 0.278. The lowest BCUT2D eigenvalue weighted by Gasteiger charge is -2.13. The Labute approximate surface area is 120 Å². The Kier molecular flexibility index (Phi) is 4.23. The van der Waals surface area contributed by atoms with Gasteiger partial charge in [0.05, 0.1) is 0 Å². The maximum atomic E-state index is 11.4. The summed E-state index contributed by atoms with van der Waals surface area (Å²) in [6.45, 7) is 8.25. The Balaban J connectivity index is 2.17. The Morgan fingerprint density at radius 3 is 2.30 bits per heavy atom. The van der Waals surface area contributed by atoms with E-state index in [4.69, 9.17) is 4.74 Å². The van der Waals surface area contributed by atoms with E-state index in [1.165, 1.54) is 5.56 Å². The number of ketones is 1. The van der Waals surface area contributed by atoms with Gasteiger partial charge in [0, 0.05) is 5.56 Å². The second-order valence-corrected chi connectivity index (χ2v) is 5.27. The van der Waals surface area contributed by atoms with Gasteiger partial charge in [0.2, 0.25) is 0 Å². The van der Waals surface area contributed by atoms with Crippen LogP contribution < -0.4 is 4.74 Å². The average Bonchev–Trinajstić information content (AvgIpc) is 2.37. The first-order chi connectivity index (χ1) is 9.47. The molecule has 0 aliphatic heterocycles. The molecule has 0 saturated heterocycles. The molecule has 20 heavy (non-hydrogen) atoms. The predicted molar refractivity (Wildman–Crippen MR) is 81.4 cm³/mol. The lowest BCUT2D eigenvalue weighted by atomic mass is 10.1. The highest BCUT2D eigenvalue weighted by atomic mass is 16.5. The first kappa shape index (κ1) is 14.3. The third kappa shape index (κ3) is 3.27. The van der Waals surface area contributed by atoms with Gasteiger partial charge in [0.15, 0.2) is 5.78 Å². The minimum absolute atomic E-state index is 0.0783. The molecule has 0 radical (unpaired) electrons. The van der Waals surface area contributed by atoms with Crippen LogP contribution in [0.1, 0.15) is 39.5 Å². The summed E-state index contributed by atoms with van der Waals surface area (Å²) in [5.74, 6) is 1.01. The molecule has 0 saturated carbocycles. The Morgan fingerprint density at radius 1 is 1.05 bits per heavy atom. The minimum Gasteiger partial charge on any atom is -0.488 e. The van der Waals surface area contributed by atoms with Gasteiger partial charge in [0.25, 0.3) is 0 Å². The normalized spacial score (nSPS) is 10.4. The molecule has 2 aromatic rings. The van der Waals surface area contributed by atoms with Gasteiger partial charge < -0.3 is 4.74 Å². The molecule has 0 N–H and O–H groups in total. The molecule has 2 aromatic carbocycles. The summed E-state index contributed by atoms with van der Waals surface area (Å²) < 4.78 is 5.93. The summed E-state index contributed by atoms with van der Waals surface area (Å²) in [6.07, 6.45) is 0. The van der Waals surface area contributed by atoms with Gasteiger partial charge in [-0.25, -0.2) is 0 Å². The van der Waals surface area contributed by atoms with E-state index in [0.29, 0.717) is 6.61 Å². The molecule has 0 fully saturated rings. The van der Waals surface area contributed by atoms with Crippen molar-refractivity contribution in [2.24, 2.45) is 0 Å². The minimum atomic E-state index is 0.0783. The average molecular weight is 268 g/mol. The monoisotopic (exact) mass is 268 g/mol. The van der Waals surface area contributed by atoms with Crippen molar-refractivity contribution >= 4 is 5.78 Å². The van der Waals surface area contributed by atoms with Crippen molar-refractivity contribution in [2.75, 3.05) is 0 Å². The van der Waals surface area contributed by atoms with Gasteiger partial charge in [-0.3, -0.25) is 4.79 Å². The van der Waals surface area contributed by atoms with E-state index >= 15 is 0 Å². The third-order valence-corrected chi connectivity index (χ3v) is 3.32. The van der Waals surface area contributed by atoms with Crippen LogP contribution in [0, 0.1) is 20.8 Å². The molecule has 2 heteroatoms. The number of aryl methyl sites for hydroxylation is 3. The summed E-state index contributed by atoms with van der Waals surface area (Å²) >= 11 is 0. The first-order valence-corrected chi connectivity index (χ1v) is 6.78. The molecule has 0 spiro atoms. The second-order valence-electron chi connectivity index (χ2n) is 5.27.